The maximum atomic E-state index is 14.6. The molecule has 8 fully saturated rings. The van der Waals surface area contributed by atoms with E-state index >= 15 is 0 Å². The van der Waals surface area contributed by atoms with Crippen molar-refractivity contribution >= 4 is 27.7 Å². The molecule has 3 aliphatic heterocycles. The van der Waals surface area contributed by atoms with Crippen LogP contribution in [0.3, 0.4) is 0 Å². The molecule has 5 saturated carbocycles. The number of hydrogen-bond donors (Lipinski definition) is 6. The van der Waals surface area contributed by atoms with E-state index < -0.39 is 168 Å². The van der Waals surface area contributed by atoms with Crippen molar-refractivity contribution in [3.05, 3.63) is 29.8 Å². The SMILES string of the molecule is CC(=O)O[C@H]1[C@H]2[C@@H]([C@@H](O)[C@@H](NS(=O)(=O)c3ccc(C(F)(F)F)cc3)C3C[C@@H]4O[C@@H]4[C@H](O)[C@@]32C)[C@@H]2[C@@H](O)[C@@H]3[C@H]([C@H](C)[C@H]4O[C@]45OC(=O)[C@@](C)(O)[C@]35C)[C@@]2(C(C)=O)[C@H]1O. The number of hydrogen-bond acceptors (Lipinski definition) is 14. The standard InChI is InChI=1S/C38H46F3NO14S/c1-12-20-23(34(5)35(6,50)32(49)56-37(34)31(12)55-37)26(46)21-19-22(28(53-14(3)44)30(48)36(20,21)13(2)43)33(4)17(11-18-27(54-18)29(33)47)24(25(19)45)42-57(51,52)16-9-7-15(8-10-16)38(39,40)41/h7-10,12,17-31,42,45-48,50H,11H2,1-6H3/t12-,17?,18-,19-,20-,21+,22+,23-,24-,25+,26+,27-,28-,29-,30-,31+,33-,34-,35+,36+,37-/m0/s1. The van der Waals surface area contributed by atoms with E-state index in [0.29, 0.717) is 12.1 Å². The summed E-state index contributed by atoms with van der Waals surface area (Å²) in [5, 5.41) is 62.7. The van der Waals surface area contributed by atoms with E-state index in [4.69, 9.17) is 18.9 Å². The van der Waals surface area contributed by atoms with Crippen LogP contribution in [-0.4, -0.2) is 118 Å². The molecule has 0 bridgehead atoms. The van der Waals surface area contributed by atoms with Gasteiger partial charge in [-0.2, -0.15) is 13.2 Å². The third-order valence-electron chi connectivity index (χ3n) is 16.4. The number of alkyl halides is 3. The zero-order valence-corrected chi connectivity index (χ0v) is 32.5. The van der Waals surface area contributed by atoms with Crippen LogP contribution in [0.15, 0.2) is 29.2 Å². The first-order valence-corrected chi connectivity index (χ1v) is 20.6. The van der Waals surface area contributed by atoms with Gasteiger partial charge in [-0.25, -0.2) is 17.9 Å². The minimum Gasteiger partial charge on any atom is -0.459 e. The number of aliphatic hydroxyl groups excluding tert-OH is 4. The number of benzene rings is 1. The first-order valence-electron chi connectivity index (χ1n) is 19.2. The van der Waals surface area contributed by atoms with Crippen LogP contribution in [0.2, 0.25) is 0 Å². The van der Waals surface area contributed by atoms with Gasteiger partial charge >= 0.3 is 18.1 Å². The molecule has 9 rings (SSSR count). The van der Waals surface area contributed by atoms with E-state index in [-0.39, 0.29) is 6.42 Å². The van der Waals surface area contributed by atoms with Gasteiger partial charge in [0.05, 0.1) is 51.7 Å². The fourth-order valence-corrected chi connectivity index (χ4v) is 15.2. The van der Waals surface area contributed by atoms with Crippen LogP contribution in [0.1, 0.15) is 53.5 Å². The smallest absolute Gasteiger partial charge is 0.416 e. The average Bonchev–Trinajstić information content (AvgIpc) is 4.02. The fraction of sp³-hybridized carbons (Fsp3) is 0.763. The summed E-state index contributed by atoms with van der Waals surface area (Å²) >= 11 is 0. The molecular weight excluding hydrogens is 783 g/mol. The summed E-state index contributed by atoms with van der Waals surface area (Å²) in [5.74, 6) is -12.7. The Hall–Kier alpha value is -2.75. The van der Waals surface area contributed by atoms with E-state index in [2.05, 4.69) is 4.72 Å². The minimum absolute atomic E-state index is 0.0525. The molecule has 1 aromatic rings. The van der Waals surface area contributed by atoms with Crippen molar-refractivity contribution in [2.24, 2.45) is 57.7 Å². The Bertz CT molecular complexity index is 2070. The molecule has 15 nitrogen and oxygen atoms in total. The zero-order valence-electron chi connectivity index (χ0n) is 31.7. The average molecular weight is 830 g/mol. The van der Waals surface area contributed by atoms with Crippen molar-refractivity contribution in [2.75, 3.05) is 0 Å². The molecule has 21 atom stereocenters. The van der Waals surface area contributed by atoms with Crippen LogP contribution < -0.4 is 4.72 Å². The number of nitrogens with one attached hydrogen (secondary N) is 1. The monoisotopic (exact) mass is 829 g/mol. The molecule has 57 heavy (non-hydrogen) atoms. The van der Waals surface area contributed by atoms with Gasteiger partial charge in [-0.05, 0) is 75.1 Å². The lowest BCUT2D eigenvalue weighted by molar-refractivity contribution is -0.278. The van der Waals surface area contributed by atoms with Crippen LogP contribution in [0, 0.1) is 57.7 Å². The molecule has 0 aromatic heterocycles. The maximum absolute atomic E-state index is 14.6. The highest BCUT2D eigenvalue weighted by molar-refractivity contribution is 7.89. The summed E-state index contributed by atoms with van der Waals surface area (Å²) < 4.78 is 94.5. The largest absolute Gasteiger partial charge is 0.459 e. The lowest BCUT2D eigenvalue weighted by Crippen LogP contribution is -2.77. The van der Waals surface area contributed by atoms with Gasteiger partial charge in [0.1, 0.15) is 30.2 Å². The highest BCUT2D eigenvalue weighted by Crippen LogP contribution is 2.80. The van der Waals surface area contributed by atoms with Crippen molar-refractivity contribution in [1.82, 2.24) is 4.72 Å². The molecule has 3 heterocycles. The summed E-state index contributed by atoms with van der Waals surface area (Å²) in [6, 6.07) is 1.17. The summed E-state index contributed by atoms with van der Waals surface area (Å²) in [4.78, 5) is 40.4. The number of esters is 2. The van der Waals surface area contributed by atoms with E-state index in [0.717, 1.165) is 19.1 Å². The van der Waals surface area contributed by atoms with E-state index in [1.54, 1.807) is 13.8 Å². The number of aliphatic hydroxyl groups is 5. The van der Waals surface area contributed by atoms with Gasteiger partial charge < -0.3 is 44.5 Å². The van der Waals surface area contributed by atoms with Gasteiger partial charge in [-0.3, -0.25) is 9.59 Å². The van der Waals surface area contributed by atoms with Crippen LogP contribution in [0.5, 0.6) is 0 Å². The Kier molecular flexibility index (Phi) is 8.04. The van der Waals surface area contributed by atoms with E-state index in [1.165, 1.54) is 20.8 Å². The molecule has 1 aromatic carbocycles. The van der Waals surface area contributed by atoms with Crippen LogP contribution in [0.25, 0.3) is 0 Å². The summed E-state index contributed by atoms with van der Waals surface area (Å²) in [6.45, 7) is 8.23. The topological polar surface area (TPSA) is 242 Å². The number of fused-ring (bicyclic) bond motifs is 9. The molecule has 6 N–H and O–H groups in total. The summed E-state index contributed by atoms with van der Waals surface area (Å²) in [6.07, 6.45) is -15.6. The van der Waals surface area contributed by atoms with Crippen molar-refractivity contribution in [3.63, 3.8) is 0 Å². The fourth-order valence-electron chi connectivity index (χ4n) is 13.9. The second kappa shape index (κ2) is 11.5. The molecule has 314 valence electrons. The Balaban J connectivity index is 1.24. The number of sulfonamides is 1. The number of ether oxygens (including phenoxy) is 4. The van der Waals surface area contributed by atoms with Crippen molar-refractivity contribution in [3.8, 4) is 0 Å². The maximum Gasteiger partial charge on any atom is 0.416 e. The van der Waals surface area contributed by atoms with Gasteiger partial charge in [-0.1, -0.05) is 13.8 Å². The first-order chi connectivity index (χ1) is 26.3. The lowest BCUT2D eigenvalue weighted by atomic mass is 9.39. The van der Waals surface area contributed by atoms with Crippen molar-refractivity contribution < 1.29 is 80.5 Å². The molecule has 8 aliphatic rings. The second-order valence-corrected chi connectivity index (χ2v) is 20.1. The molecule has 0 amide bonds. The molecule has 0 radical (unpaired) electrons. The highest BCUT2D eigenvalue weighted by Gasteiger charge is 2.93. The normalized spacial score (nSPS) is 54.1. The van der Waals surface area contributed by atoms with E-state index in [1.807, 2.05) is 0 Å². The Morgan fingerprint density at radius 3 is 2.16 bits per heavy atom. The number of epoxide rings is 2. The first kappa shape index (κ1) is 39.7. The number of carbonyl (C=O) groups is 3. The Morgan fingerprint density at radius 1 is 0.947 bits per heavy atom. The molecule has 1 spiro atoms. The van der Waals surface area contributed by atoms with Crippen LogP contribution in [0.4, 0.5) is 13.2 Å². The van der Waals surface area contributed by atoms with E-state index in [9.17, 15) is 61.5 Å². The van der Waals surface area contributed by atoms with Gasteiger partial charge in [0.15, 0.2) is 5.60 Å². The number of carbonyl (C=O) groups excluding carboxylic acids is 3. The minimum atomic E-state index is -4.76. The van der Waals surface area contributed by atoms with Gasteiger partial charge in [0, 0.05) is 30.1 Å². The van der Waals surface area contributed by atoms with Gasteiger partial charge in [-0.15, -0.1) is 0 Å². The molecular formula is C38H46F3NO14S. The predicted octanol–water partition coefficient (Wildman–Crippen LogP) is 0.277. The number of ketones is 1. The molecule has 5 aliphatic carbocycles. The molecule has 3 saturated heterocycles. The number of Topliss-reactive ketones (excluding diaryl/α,β-unsaturated/α-hetero) is 1. The van der Waals surface area contributed by atoms with Crippen molar-refractivity contribution in [1.29, 1.82) is 0 Å². The predicted molar refractivity (Wildman–Crippen MR) is 182 cm³/mol. The highest BCUT2D eigenvalue weighted by atomic mass is 32.2. The van der Waals surface area contributed by atoms with Crippen molar-refractivity contribution in [2.45, 2.75) is 125 Å². The zero-order chi connectivity index (χ0) is 41.7. The summed E-state index contributed by atoms with van der Waals surface area (Å²) in [5.41, 5.74) is -8.87. The van der Waals surface area contributed by atoms with Gasteiger partial charge in [0.2, 0.25) is 15.8 Å². The Morgan fingerprint density at radius 2 is 1.58 bits per heavy atom. The number of halogens is 3. The molecule has 19 heteroatoms. The van der Waals surface area contributed by atoms with Crippen LogP contribution in [-0.2, 0) is 49.5 Å². The lowest BCUT2D eigenvalue weighted by Gasteiger charge is -2.67. The summed E-state index contributed by atoms with van der Waals surface area (Å²) in [7, 11) is -4.74. The third-order valence-corrected chi connectivity index (χ3v) is 17.9. The second-order valence-electron chi connectivity index (χ2n) is 18.4. The molecule has 1 unspecified atom stereocenters. The number of rotatable bonds is 5. The Labute approximate surface area is 325 Å². The van der Waals surface area contributed by atoms with Crippen LogP contribution >= 0.6 is 0 Å². The quantitative estimate of drug-likeness (QED) is 0.173. The van der Waals surface area contributed by atoms with Gasteiger partial charge in [0.25, 0.3) is 0 Å². The third kappa shape index (κ3) is 4.50.